The molecule has 0 aliphatic heterocycles. The molecule has 0 spiro atoms. The zero-order chi connectivity index (χ0) is 17.5. The first kappa shape index (κ1) is 17.0. The minimum Gasteiger partial charge on any atom is -0.478 e. The molecule has 0 bridgehead atoms. The third-order valence-electron chi connectivity index (χ3n) is 3.23. The van der Waals surface area contributed by atoms with Gasteiger partial charge in [0, 0.05) is 17.8 Å². The lowest BCUT2D eigenvalue weighted by Crippen LogP contribution is -2.22. The zero-order valence-corrected chi connectivity index (χ0v) is 12.8. The van der Waals surface area contributed by atoms with Crippen LogP contribution in [-0.4, -0.2) is 22.9 Å². The fourth-order valence-corrected chi connectivity index (χ4v) is 2.00. The fraction of sp³-hybridized carbons (Fsp3) is 0.0556. The molecule has 0 aliphatic rings. The van der Waals surface area contributed by atoms with Crippen LogP contribution in [0.3, 0.4) is 0 Å². The molecular formula is C18H16N2O4. The molecule has 0 unspecified atom stereocenters. The Labute approximate surface area is 138 Å². The van der Waals surface area contributed by atoms with E-state index in [1.54, 1.807) is 36.4 Å². The summed E-state index contributed by atoms with van der Waals surface area (Å²) < 4.78 is 0. The van der Waals surface area contributed by atoms with Crippen molar-refractivity contribution in [2.45, 2.75) is 6.54 Å². The van der Waals surface area contributed by atoms with E-state index in [1.165, 1.54) is 12.1 Å². The number of rotatable bonds is 6. The van der Waals surface area contributed by atoms with E-state index in [9.17, 15) is 14.4 Å². The van der Waals surface area contributed by atoms with Gasteiger partial charge in [0.25, 0.3) is 5.91 Å². The minimum absolute atomic E-state index is 0.170. The smallest absolute Gasteiger partial charge is 0.335 e. The zero-order valence-electron chi connectivity index (χ0n) is 12.8. The Morgan fingerprint density at radius 1 is 1.04 bits per heavy atom. The number of anilines is 1. The Bertz CT molecular complexity index is 782. The Balaban J connectivity index is 1.97. The molecule has 24 heavy (non-hydrogen) atoms. The summed E-state index contributed by atoms with van der Waals surface area (Å²) in [5.41, 5.74) is 1.86. The third-order valence-corrected chi connectivity index (χ3v) is 3.23. The van der Waals surface area contributed by atoms with Crippen molar-refractivity contribution >= 4 is 23.5 Å². The quantitative estimate of drug-likeness (QED) is 0.711. The van der Waals surface area contributed by atoms with E-state index in [4.69, 9.17) is 5.11 Å². The number of amides is 2. The highest BCUT2D eigenvalue weighted by atomic mass is 16.4. The molecule has 6 heteroatoms. The molecule has 0 radical (unpaired) electrons. The van der Waals surface area contributed by atoms with Gasteiger partial charge in [0.2, 0.25) is 5.91 Å². The second-order valence-electron chi connectivity index (χ2n) is 4.96. The number of carboxylic acids is 1. The average Bonchev–Trinajstić information content (AvgIpc) is 2.60. The SMILES string of the molecule is C=CC(=O)Nc1ccc(C(=O)NCc2cccc(C(=O)O)c2)cc1. The summed E-state index contributed by atoms with van der Waals surface area (Å²) in [4.78, 5) is 34.2. The lowest BCUT2D eigenvalue weighted by molar-refractivity contribution is -0.111. The van der Waals surface area contributed by atoms with E-state index in [-0.39, 0.29) is 23.9 Å². The van der Waals surface area contributed by atoms with Gasteiger partial charge in [-0.2, -0.15) is 0 Å². The number of aromatic carboxylic acids is 1. The summed E-state index contributed by atoms with van der Waals surface area (Å²) in [5.74, 6) is -1.64. The van der Waals surface area contributed by atoms with E-state index in [0.717, 1.165) is 6.08 Å². The van der Waals surface area contributed by atoms with Crippen LogP contribution in [0.1, 0.15) is 26.3 Å². The number of carbonyl (C=O) groups is 3. The summed E-state index contributed by atoms with van der Waals surface area (Å²) in [6.45, 7) is 3.58. The molecule has 6 nitrogen and oxygen atoms in total. The van der Waals surface area contributed by atoms with Crippen molar-refractivity contribution in [2.24, 2.45) is 0 Å². The van der Waals surface area contributed by atoms with Gasteiger partial charge in [-0.3, -0.25) is 9.59 Å². The van der Waals surface area contributed by atoms with E-state index in [2.05, 4.69) is 17.2 Å². The molecule has 2 rings (SSSR count). The van der Waals surface area contributed by atoms with Crippen molar-refractivity contribution in [3.63, 3.8) is 0 Å². The largest absolute Gasteiger partial charge is 0.478 e. The Morgan fingerprint density at radius 3 is 2.38 bits per heavy atom. The van der Waals surface area contributed by atoms with E-state index < -0.39 is 5.97 Å². The topological polar surface area (TPSA) is 95.5 Å². The second kappa shape index (κ2) is 7.73. The van der Waals surface area contributed by atoms with Crippen LogP contribution in [0.15, 0.2) is 61.2 Å². The molecular weight excluding hydrogens is 308 g/mol. The second-order valence-corrected chi connectivity index (χ2v) is 4.96. The maximum absolute atomic E-state index is 12.1. The predicted octanol–water partition coefficient (Wildman–Crippen LogP) is 2.44. The average molecular weight is 324 g/mol. The highest BCUT2D eigenvalue weighted by molar-refractivity contribution is 5.99. The van der Waals surface area contributed by atoms with Gasteiger partial charge in [0.15, 0.2) is 0 Å². The Hall–Kier alpha value is -3.41. The van der Waals surface area contributed by atoms with Crippen LogP contribution in [0, 0.1) is 0 Å². The van der Waals surface area contributed by atoms with E-state index in [1.807, 2.05) is 0 Å². The van der Waals surface area contributed by atoms with Gasteiger partial charge >= 0.3 is 5.97 Å². The maximum atomic E-state index is 12.1. The molecule has 0 aliphatic carbocycles. The maximum Gasteiger partial charge on any atom is 0.335 e. The van der Waals surface area contributed by atoms with Gasteiger partial charge in [0.05, 0.1) is 5.56 Å². The third kappa shape index (κ3) is 4.54. The molecule has 2 aromatic rings. The normalized spacial score (nSPS) is 9.83. The number of hydrogen-bond acceptors (Lipinski definition) is 3. The summed E-state index contributed by atoms with van der Waals surface area (Å²) >= 11 is 0. The lowest BCUT2D eigenvalue weighted by Gasteiger charge is -2.07. The van der Waals surface area contributed by atoms with Crippen molar-refractivity contribution in [3.05, 3.63) is 77.9 Å². The first-order chi connectivity index (χ1) is 11.5. The van der Waals surface area contributed by atoms with Crippen LogP contribution < -0.4 is 10.6 Å². The van der Waals surface area contributed by atoms with Crippen molar-refractivity contribution in [3.8, 4) is 0 Å². The lowest BCUT2D eigenvalue weighted by atomic mass is 10.1. The molecule has 2 amide bonds. The molecule has 122 valence electrons. The summed E-state index contributed by atoms with van der Waals surface area (Å²) in [7, 11) is 0. The van der Waals surface area contributed by atoms with Gasteiger partial charge in [0.1, 0.15) is 0 Å². The molecule has 0 saturated carbocycles. The standard InChI is InChI=1S/C18H16N2O4/c1-2-16(21)20-15-8-6-13(7-9-15)17(22)19-11-12-4-3-5-14(10-12)18(23)24/h2-10H,1,11H2,(H,19,22)(H,20,21)(H,23,24). The molecule has 0 heterocycles. The molecule has 0 saturated heterocycles. The van der Waals surface area contributed by atoms with Crippen LogP contribution in [0.2, 0.25) is 0 Å². The van der Waals surface area contributed by atoms with Gasteiger partial charge in [-0.25, -0.2) is 4.79 Å². The van der Waals surface area contributed by atoms with Gasteiger partial charge in [-0.05, 0) is 48.0 Å². The van der Waals surface area contributed by atoms with Gasteiger partial charge in [-0.15, -0.1) is 0 Å². The molecule has 0 aromatic heterocycles. The van der Waals surface area contributed by atoms with Gasteiger partial charge < -0.3 is 15.7 Å². The molecule has 2 aromatic carbocycles. The number of benzene rings is 2. The van der Waals surface area contributed by atoms with Gasteiger partial charge in [-0.1, -0.05) is 18.7 Å². The number of carboxylic acid groups (broad SMARTS) is 1. The predicted molar refractivity (Wildman–Crippen MR) is 89.8 cm³/mol. The summed E-state index contributed by atoms with van der Waals surface area (Å²) in [6, 6.07) is 12.8. The van der Waals surface area contributed by atoms with E-state index in [0.29, 0.717) is 16.8 Å². The summed E-state index contributed by atoms with van der Waals surface area (Å²) in [6.07, 6.45) is 1.16. The van der Waals surface area contributed by atoms with Crippen LogP contribution in [0.25, 0.3) is 0 Å². The van der Waals surface area contributed by atoms with Crippen LogP contribution in [0.5, 0.6) is 0 Å². The van der Waals surface area contributed by atoms with Crippen molar-refractivity contribution in [2.75, 3.05) is 5.32 Å². The number of nitrogens with one attached hydrogen (secondary N) is 2. The minimum atomic E-state index is -1.01. The fourth-order valence-electron chi connectivity index (χ4n) is 2.00. The molecule has 0 atom stereocenters. The van der Waals surface area contributed by atoms with Crippen LogP contribution in [0.4, 0.5) is 5.69 Å². The van der Waals surface area contributed by atoms with Crippen molar-refractivity contribution < 1.29 is 19.5 Å². The first-order valence-electron chi connectivity index (χ1n) is 7.13. The monoisotopic (exact) mass is 324 g/mol. The molecule has 3 N–H and O–H groups in total. The Morgan fingerprint density at radius 2 is 1.75 bits per heavy atom. The summed E-state index contributed by atoms with van der Waals surface area (Å²) in [5, 5.41) is 14.3. The van der Waals surface area contributed by atoms with Crippen molar-refractivity contribution in [1.82, 2.24) is 5.32 Å². The number of hydrogen-bond donors (Lipinski definition) is 3. The Kier molecular flexibility index (Phi) is 5.46. The highest BCUT2D eigenvalue weighted by Gasteiger charge is 2.07. The first-order valence-corrected chi connectivity index (χ1v) is 7.13. The number of carbonyl (C=O) groups excluding carboxylic acids is 2. The highest BCUT2D eigenvalue weighted by Crippen LogP contribution is 2.10. The molecule has 0 fully saturated rings. The van der Waals surface area contributed by atoms with Crippen molar-refractivity contribution in [1.29, 1.82) is 0 Å². The van der Waals surface area contributed by atoms with Crippen LogP contribution >= 0.6 is 0 Å². The van der Waals surface area contributed by atoms with Crippen LogP contribution in [-0.2, 0) is 11.3 Å². The van der Waals surface area contributed by atoms with E-state index >= 15 is 0 Å².